The summed E-state index contributed by atoms with van der Waals surface area (Å²) in [6, 6.07) is 7.47. The number of carbonyl (C=O) groups is 3. The van der Waals surface area contributed by atoms with Crippen LogP contribution in [0.1, 0.15) is 24.2 Å². The van der Waals surface area contributed by atoms with Gasteiger partial charge in [0, 0.05) is 5.02 Å². The van der Waals surface area contributed by atoms with Gasteiger partial charge >= 0.3 is 5.97 Å². The molecule has 0 aliphatic heterocycles. The maximum atomic E-state index is 12.4. The number of benzene rings is 1. The van der Waals surface area contributed by atoms with Gasteiger partial charge in [-0.3, -0.25) is 9.59 Å². The molecular formula is C16H14ClNO5. The van der Waals surface area contributed by atoms with Crippen molar-refractivity contribution in [3.63, 3.8) is 0 Å². The first-order valence-corrected chi connectivity index (χ1v) is 7.04. The lowest BCUT2D eigenvalue weighted by Crippen LogP contribution is -2.58. The molecule has 0 aliphatic carbocycles. The number of hydrogen-bond donors (Lipinski definition) is 1. The minimum absolute atomic E-state index is 0.191. The minimum atomic E-state index is -1.83. The van der Waals surface area contributed by atoms with Gasteiger partial charge in [-0.2, -0.15) is 0 Å². The van der Waals surface area contributed by atoms with E-state index in [1.54, 1.807) is 12.1 Å². The molecule has 0 radical (unpaired) electrons. The van der Waals surface area contributed by atoms with Gasteiger partial charge in [-0.05, 0) is 44.2 Å². The number of ether oxygens (including phenoxy) is 1. The summed E-state index contributed by atoms with van der Waals surface area (Å²) in [6.07, 6.45) is 2.52. The van der Waals surface area contributed by atoms with E-state index >= 15 is 0 Å². The SMILES string of the molecule is CC(=O)C(C)(NC(=O)c1ccoc1)C(=O)Oc1ccc(Cl)cc1. The molecule has 0 bridgehead atoms. The summed E-state index contributed by atoms with van der Waals surface area (Å²) in [7, 11) is 0. The van der Waals surface area contributed by atoms with Crippen LogP contribution in [0, 0.1) is 0 Å². The van der Waals surface area contributed by atoms with E-state index in [2.05, 4.69) is 5.32 Å². The van der Waals surface area contributed by atoms with Gasteiger partial charge in [0.25, 0.3) is 5.91 Å². The molecule has 2 rings (SSSR count). The summed E-state index contributed by atoms with van der Waals surface area (Å²) in [5.41, 5.74) is -1.63. The van der Waals surface area contributed by atoms with E-state index in [1.165, 1.54) is 44.6 Å². The lowest BCUT2D eigenvalue weighted by molar-refractivity contribution is -0.145. The second kappa shape index (κ2) is 6.66. The first-order valence-electron chi connectivity index (χ1n) is 6.66. The number of halogens is 1. The maximum absolute atomic E-state index is 12.4. The van der Waals surface area contributed by atoms with E-state index in [1.807, 2.05) is 0 Å². The van der Waals surface area contributed by atoms with Crippen molar-refractivity contribution < 1.29 is 23.5 Å². The van der Waals surface area contributed by atoms with E-state index in [0.29, 0.717) is 5.02 Å². The van der Waals surface area contributed by atoms with Crippen LogP contribution < -0.4 is 10.1 Å². The Balaban J connectivity index is 2.18. The Bertz CT molecular complexity index is 723. The lowest BCUT2D eigenvalue weighted by atomic mass is 9.97. The zero-order chi connectivity index (χ0) is 17.0. The topological polar surface area (TPSA) is 85.6 Å². The first kappa shape index (κ1) is 16.8. The van der Waals surface area contributed by atoms with Crippen molar-refractivity contribution in [2.45, 2.75) is 19.4 Å². The van der Waals surface area contributed by atoms with Crippen molar-refractivity contribution in [2.75, 3.05) is 0 Å². The molecule has 0 spiro atoms. The Kier molecular flexibility index (Phi) is 4.86. The zero-order valence-electron chi connectivity index (χ0n) is 12.5. The van der Waals surface area contributed by atoms with Crippen molar-refractivity contribution in [3.8, 4) is 5.75 Å². The lowest BCUT2D eigenvalue weighted by Gasteiger charge is -2.25. The molecule has 1 aromatic heterocycles. The number of esters is 1. The van der Waals surface area contributed by atoms with E-state index in [0.717, 1.165) is 0 Å². The third kappa shape index (κ3) is 3.78. The smallest absolute Gasteiger partial charge is 0.344 e. The number of amides is 1. The number of ketones is 1. The summed E-state index contributed by atoms with van der Waals surface area (Å²) >= 11 is 5.75. The fraction of sp³-hybridized carbons (Fsp3) is 0.188. The first-order chi connectivity index (χ1) is 10.8. The predicted molar refractivity (Wildman–Crippen MR) is 82.3 cm³/mol. The molecule has 1 N–H and O–H groups in total. The van der Waals surface area contributed by atoms with E-state index in [9.17, 15) is 14.4 Å². The summed E-state index contributed by atoms with van der Waals surface area (Å²) in [6.45, 7) is 2.48. The number of nitrogens with one attached hydrogen (secondary N) is 1. The number of Topliss-reactive ketones (excluding diaryl/α,β-unsaturated/α-hetero) is 1. The maximum Gasteiger partial charge on any atom is 0.344 e. The molecule has 1 heterocycles. The third-order valence-electron chi connectivity index (χ3n) is 3.28. The van der Waals surface area contributed by atoms with Gasteiger partial charge in [0.1, 0.15) is 12.0 Å². The number of carbonyl (C=O) groups excluding carboxylic acids is 3. The average molecular weight is 336 g/mol. The molecule has 2 aromatic rings. The molecule has 23 heavy (non-hydrogen) atoms. The standard InChI is InChI=1S/C16H14ClNO5/c1-10(19)16(2,18-14(20)11-7-8-22-9-11)15(21)23-13-5-3-12(17)4-6-13/h3-9H,1-2H3,(H,18,20). The summed E-state index contributed by atoms with van der Waals surface area (Å²) in [4.78, 5) is 36.3. The van der Waals surface area contributed by atoms with Crippen LogP contribution in [0.4, 0.5) is 0 Å². The second-order valence-corrected chi connectivity index (χ2v) is 5.43. The Hall–Kier alpha value is -2.60. The van der Waals surface area contributed by atoms with Crippen LogP contribution in [-0.2, 0) is 9.59 Å². The molecular weight excluding hydrogens is 322 g/mol. The average Bonchev–Trinajstić information content (AvgIpc) is 3.03. The van der Waals surface area contributed by atoms with E-state index in [4.69, 9.17) is 20.8 Å². The number of rotatable bonds is 5. The zero-order valence-corrected chi connectivity index (χ0v) is 13.2. The molecule has 1 aromatic carbocycles. The van der Waals surface area contributed by atoms with Crippen LogP contribution in [0.5, 0.6) is 5.75 Å². The van der Waals surface area contributed by atoms with Crippen molar-refractivity contribution in [1.82, 2.24) is 5.32 Å². The molecule has 1 atom stereocenters. The molecule has 1 amide bonds. The van der Waals surface area contributed by atoms with Gasteiger partial charge in [0.05, 0.1) is 11.8 Å². The van der Waals surface area contributed by atoms with Crippen LogP contribution in [-0.4, -0.2) is 23.2 Å². The number of hydrogen-bond acceptors (Lipinski definition) is 5. The highest BCUT2D eigenvalue weighted by Gasteiger charge is 2.42. The fourth-order valence-corrected chi connectivity index (χ4v) is 1.81. The van der Waals surface area contributed by atoms with Gasteiger partial charge in [-0.1, -0.05) is 11.6 Å². The third-order valence-corrected chi connectivity index (χ3v) is 3.54. The van der Waals surface area contributed by atoms with Crippen molar-refractivity contribution in [3.05, 3.63) is 53.4 Å². The molecule has 120 valence electrons. The quantitative estimate of drug-likeness (QED) is 0.515. The Morgan fingerprint density at radius 1 is 1.17 bits per heavy atom. The molecule has 0 saturated heterocycles. The van der Waals surface area contributed by atoms with Crippen LogP contribution in [0.25, 0.3) is 0 Å². The molecule has 7 heteroatoms. The van der Waals surface area contributed by atoms with Crippen LogP contribution in [0.2, 0.25) is 5.02 Å². The summed E-state index contributed by atoms with van der Waals surface area (Å²) in [5, 5.41) is 2.86. The highest BCUT2D eigenvalue weighted by atomic mass is 35.5. The van der Waals surface area contributed by atoms with Gasteiger partial charge in [-0.15, -0.1) is 0 Å². The summed E-state index contributed by atoms with van der Waals surface area (Å²) < 4.78 is 9.96. The molecule has 0 saturated carbocycles. The van der Waals surface area contributed by atoms with E-state index < -0.39 is 23.2 Å². The second-order valence-electron chi connectivity index (χ2n) is 4.99. The number of furan rings is 1. The Labute approximate surface area is 137 Å². The Morgan fingerprint density at radius 2 is 1.83 bits per heavy atom. The molecule has 0 aliphatic rings. The Morgan fingerprint density at radius 3 is 2.35 bits per heavy atom. The normalized spacial score (nSPS) is 13.0. The fourth-order valence-electron chi connectivity index (χ4n) is 1.69. The minimum Gasteiger partial charge on any atom is -0.472 e. The predicted octanol–water partition coefficient (Wildman–Crippen LogP) is 2.62. The highest BCUT2D eigenvalue weighted by molar-refractivity contribution is 6.30. The summed E-state index contributed by atoms with van der Waals surface area (Å²) in [5.74, 6) is -1.87. The van der Waals surface area contributed by atoms with Crippen molar-refractivity contribution in [1.29, 1.82) is 0 Å². The monoisotopic (exact) mass is 335 g/mol. The van der Waals surface area contributed by atoms with Gasteiger partial charge in [-0.25, -0.2) is 4.79 Å². The van der Waals surface area contributed by atoms with Gasteiger partial charge in [0.2, 0.25) is 0 Å². The highest BCUT2D eigenvalue weighted by Crippen LogP contribution is 2.19. The largest absolute Gasteiger partial charge is 0.472 e. The van der Waals surface area contributed by atoms with Crippen LogP contribution >= 0.6 is 11.6 Å². The van der Waals surface area contributed by atoms with Gasteiger partial charge in [0.15, 0.2) is 11.3 Å². The van der Waals surface area contributed by atoms with Crippen LogP contribution in [0.3, 0.4) is 0 Å². The molecule has 0 fully saturated rings. The molecule has 1 unspecified atom stereocenters. The van der Waals surface area contributed by atoms with Gasteiger partial charge < -0.3 is 14.5 Å². The van der Waals surface area contributed by atoms with Crippen LogP contribution in [0.15, 0.2) is 47.3 Å². The van der Waals surface area contributed by atoms with E-state index in [-0.39, 0.29) is 11.3 Å². The van der Waals surface area contributed by atoms with Crippen molar-refractivity contribution >= 4 is 29.3 Å². The molecule has 6 nitrogen and oxygen atoms in total. The van der Waals surface area contributed by atoms with Crippen molar-refractivity contribution in [2.24, 2.45) is 0 Å².